The van der Waals surface area contributed by atoms with Gasteiger partial charge in [-0.25, -0.2) is 9.59 Å². The van der Waals surface area contributed by atoms with Gasteiger partial charge in [0.1, 0.15) is 0 Å². The number of carbonyl (C=O) groups excluding carboxylic acids is 3. The largest absolute Gasteiger partial charge is 0.465 e. The molecule has 6 heteroatoms. The Hall–Kier alpha value is -2.37. The van der Waals surface area contributed by atoms with E-state index >= 15 is 0 Å². The first-order chi connectivity index (χ1) is 10.0. The van der Waals surface area contributed by atoms with Crippen molar-refractivity contribution >= 4 is 23.5 Å². The van der Waals surface area contributed by atoms with Crippen LogP contribution in [0.25, 0.3) is 0 Å². The average molecular weight is 293 g/mol. The number of ether oxygens (including phenoxy) is 2. The van der Waals surface area contributed by atoms with Gasteiger partial charge in [-0.15, -0.1) is 0 Å². The molecule has 1 aromatic rings. The average Bonchev–Trinajstić information content (AvgIpc) is 2.51. The minimum absolute atomic E-state index is 0.190. The van der Waals surface area contributed by atoms with E-state index in [9.17, 15) is 14.4 Å². The van der Waals surface area contributed by atoms with Crippen LogP contribution in [0.1, 0.15) is 46.9 Å². The number of hydrogen-bond donors (Lipinski definition) is 1. The summed E-state index contributed by atoms with van der Waals surface area (Å²) < 4.78 is 9.28. The van der Waals surface area contributed by atoms with Crippen LogP contribution in [0.2, 0.25) is 0 Å². The SMILES string of the molecule is CCCCC(=O)Nc1cc(C(=O)OC)ccc1C(=O)OC. The maximum atomic E-state index is 11.8. The molecule has 1 rings (SSSR count). The topological polar surface area (TPSA) is 81.7 Å². The number of benzene rings is 1. The van der Waals surface area contributed by atoms with Gasteiger partial charge in [0, 0.05) is 6.42 Å². The molecular weight excluding hydrogens is 274 g/mol. The molecule has 0 atom stereocenters. The summed E-state index contributed by atoms with van der Waals surface area (Å²) in [6.07, 6.45) is 1.98. The molecule has 1 aromatic carbocycles. The van der Waals surface area contributed by atoms with Gasteiger partial charge in [0.05, 0.1) is 31.0 Å². The predicted molar refractivity (Wildman–Crippen MR) is 77.3 cm³/mol. The van der Waals surface area contributed by atoms with Gasteiger partial charge in [-0.05, 0) is 24.6 Å². The first kappa shape index (κ1) is 16.7. The van der Waals surface area contributed by atoms with Crippen molar-refractivity contribution in [3.63, 3.8) is 0 Å². The fourth-order valence-electron chi connectivity index (χ4n) is 1.73. The van der Waals surface area contributed by atoms with Crippen LogP contribution in [0.15, 0.2) is 18.2 Å². The summed E-state index contributed by atoms with van der Waals surface area (Å²) in [7, 11) is 2.51. The first-order valence-electron chi connectivity index (χ1n) is 6.64. The Kier molecular flexibility index (Phi) is 6.39. The van der Waals surface area contributed by atoms with Crippen molar-refractivity contribution in [2.45, 2.75) is 26.2 Å². The van der Waals surface area contributed by atoms with Gasteiger partial charge in [-0.3, -0.25) is 4.79 Å². The third-order valence-corrected chi connectivity index (χ3v) is 2.88. The molecule has 0 unspecified atom stereocenters. The van der Waals surface area contributed by atoms with E-state index in [0.29, 0.717) is 6.42 Å². The van der Waals surface area contributed by atoms with Crippen molar-refractivity contribution in [2.24, 2.45) is 0 Å². The summed E-state index contributed by atoms with van der Waals surface area (Å²) in [5.74, 6) is -1.35. The van der Waals surface area contributed by atoms with Crippen LogP contribution in [0.3, 0.4) is 0 Å². The minimum atomic E-state index is -0.586. The van der Waals surface area contributed by atoms with Gasteiger partial charge in [0.2, 0.25) is 5.91 Å². The summed E-state index contributed by atoms with van der Waals surface area (Å²) in [5, 5.41) is 2.63. The fraction of sp³-hybridized carbons (Fsp3) is 0.400. The molecule has 0 fully saturated rings. The molecule has 0 spiro atoms. The van der Waals surface area contributed by atoms with Gasteiger partial charge in [-0.1, -0.05) is 13.3 Å². The Bertz CT molecular complexity index is 539. The molecule has 1 amide bonds. The lowest BCUT2D eigenvalue weighted by Gasteiger charge is -2.11. The van der Waals surface area contributed by atoms with Crippen molar-refractivity contribution in [1.82, 2.24) is 0 Å². The van der Waals surface area contributed by atoms with Crippen LogP contribution in [-0.2, 0) is 14.3 Å². The molecule has 21 heavy (non-hydrogen) atoms. The number of anilines is 1. The highest BCUT2D eigenvalue weighted by molar-refractivity contribution is 6.03. The first-order valence-corrected chi connectivity index (χ1v) is 6.64. The van der Waals surface area contributed by atoms with E-state index in [0.717, 1.165) is 12.8 Å². The third-order valence-electron chi connectivity index (χ3n) is 2.88. The maximum Gasteiger partial charge on any atom is 0.339 e. The molecule has 0 radical (unpaired) electrons. The lowest BCUT2D eigenvalue weighted by atomic mass is 10.1. The van der Waals surface area contributed by atoms with E-state index in [1.807, 2.05) is 6.92 Å². The Morgan fingerprint density at radius 1 is 1.10 bits per heavy atom. The number of carbonyl (C=O) groups is 3. The van der Waals surface area contributed by atoms with E-state index in [1.165, 1.54) is 32.4 Å². The van der Waals surface area contributed by atoms with E-state index in [2.05, 4.69) is 14.8 Å². The second kappa shape index (κ2) is 8.04. The van der Waals surface area contributed by atoms with Gasteiger partial charge in [-0.2, -0.15) is 0 Å². The molecule has 0 heterocycles. The van der Waals surface area contributed by atoms with Crippen LogP contribution in [0.5, 0.6) is 0 Å². The zero-order valence-electron chi connectivity index (χ0n) is 12.4. The van der Waals surface area contributed by atoms with Crippen LogP contribution >= 0.6 is 0 Å². The molecule has 0 bridgehead atoms. The van der Waals surface area contributed by atoms with Crippen molar-refractivity contribution in [3.05, 3.63) is 29.3 Å². The number of esters is 2. The van der Waals surface area contributed by atoms with Gasteiger partial charge >= 0.3 is 11.9 Å². The predicted octanol–water partition coefficient (Wildman–Crippen LogP) is 2.39. The Labute approximate surface area is 123 Å². The maximum absolute atomic E-state index is 11.8. The van der Waals surface area contributed by atoms with E-state index in [-0.39, 0.29) is 22.7 Å². The minimum Gasteiger partial charge on any atom is -0.465 e. The molecule has 0 saturated heterocycles. The summed E-state index contributed by atoms with van der Waals surface area (Å²) >= 11 is 0. The molecule has 0 aromatic heterocycles. The Morgan fingerprint density at radius 3 is 2.33 bits per heavy atom. The van der Waals surface area contributed by atoms with Crippen LogP contribution in [-0.4, -0.2) is 32.1 Å². The fourth-order valence-corrected chi connectivity index (χ4v) is 1.73. The molecular formula is C15H19NO5. The van der Waals surface area contributed by atoms with Crippen molar-refractivity contribution in [3.8, 4) is 0 Å². The van der Waals surface area contributed by atoms with Crippen molar-refractivity contribution in [1.29, 1.82) is 0 Å². The zero-order valence-corrected chi connectivity index (χ0v) is 12.4. The summed E-state index contributed by atoms with van der Waals surface area (Å²) in [5.41, 5.74) is 0.678. The number of methoxy groups -OCH3 is 2. The number of unbranched alkanes of at least 4 members (excludes halogenated alkanes) is 1. The van der Waals surface area contributed by atoms with E-state index in [4.69, 9.17) is 0 Å². The van der Waals surface area contributed by atoms with Crippen molar-refractivity contribution < 1.29 is 23.9 Å². The lowest BCUT2D eigenvalue weighted by molar-refractivity contribution is -0.116. The lowest BCUT2D eigenvalue weighted by Crippen LogP contribution is -2.16. The highest BCUT2D eigenvalue weighted by Gasteiger charge is 2.17. The van der Waals surface area contributed by atoms with Crippen LogP contribution in [0, 0.1) is 0 Å². The van der Waals surface area contributed by atoms with Crippen LogP contribution in [0.4, 0.5) is 5.69 Å². The van der Waals surface area contributed by atoms with E-state index < -0.39 is 11.9 Å². The Balaban J connectivity index is 3.07. The zero-order chi connectivity index (χ0) is 15.8. The number of nitrogens with one attached hydrogen (secondary N) is 1. The monoisotopic (exact) mass is 293 g/mol. The summed E-state index contributed by atoms with van der Waals surface area (Å²) in [6.45, 7) is 1.98. The number of amides is 1. The second-order valence-corrected chi connectivity index (χ2v) is 4.40. The second-order valence-electron chi connectivity index (χ2n) is 4.40. The standard InChI is InChI=1S/C15H19NO5/c1-4-5-6-13(17)16-12-9-10(14(18)20-2)7-8-11(12)15(19)21-3/h7-9H,4-6H2,1-3H3,(H,16,17). The van der Waals surface area contributed by atoms with Crippen LogP contribution < -0.4 is 5.32 Å². The summed E-state index contributed by atoms with van der Waals surface area (Å²) in [6, 6.07) is 4.27. The normalized spacial score (nSPS) is 9.86. The third kappa shape index (κ3) is 4.59. The molecule has 0 aliphatic heterocycles. The number of hydrogen-bond acceptors (Lipinski definition) is 5. The molecule has 6 nitrogen and oxygen atoms in total. The summed E-state index contributed by atoms with van der Waals surface area (Å²) in [4.78, 5) is 35.0. The smallest absolute Gasteiger partial charge is 0.339 e. The van der Waals surface area contributed by atoms with Gasteiger partial charge in [0.15, 0.2) is 0 Å². The highest BCUT2D eigenvalue weighted by Crippen LogP contribution is 2.20. The van der Waals surface area contributed by atoms with E-state index in [1.54, 1.807) is 0 Å². The molecule has 1 N–H and O–H groups in total. The van der Waals surface area contributed by atoms with Crippen molar-refractivity contribution in [2.75, 3.05) is 19.5 Å². The van der Waals surface area contributed by atoms with Gasteiger partial charge in [0.25, 0.3) is 0 Å². The van der Waals surface area contributed by atoms with Gasteiger partial charge < -0.3 is 14.8 Å². The molecule has 0 aliphatic rings. The quantitative estimate of drug-likeness (QED) is 0.814. The number of rotatable bonds is 6. The molecule has 0 aliphatic carbocycles. The molecule has 0 saturated carbocycles. The Morgan fingerprint density at radius 2 is 1.76 bits per heavy atom. The highest BCUT2D eigenvalue weighted by atomic mass is 16.5. The molecule has 114 valence electrons.